The zero-order chi connectivity index (χ0) is 22.5. The van der Waals surface area contributed by atoms with Crippen molar-refractivity contribution in [3.8, 4) is 11.5 Å². The molecule has 32 heavy (non-hydrogen) atoms. The number of allylic oxidation sites excluding steroid dienone is 1. The number of likely N-dealkylation sites (tertiary alicyclic amines) is 1. The molecule has 0 aromatic heterocycles. The Labute approximate surface area is 194 Å². The van der Waals surface area contributed by atoms with Crippen molar-refractivity contribution in [2.45, 2.75) is 38.1 Å². The maximum atomic E-state index is 12.6. The number of benzene rings is 1. The van der Waals surface area contributed by atoms with Gasteiger partial charge in [0, 0.05) is 30.6 Å². The summed E-state index contributed by atoms with van der Waals surface area (Å²) in [7, 11) is 1.49. The van der Waals surface area contributed by atoms with Crippen LogP contribution in [0.3, 0.4) is 0 Å². The summed E-state index contributed by atoms with van der Waals surface area (Å²) in [5.74, 6) is 1.43. The highest BCUT2D eigenvalue weighted by Gasteiger charge is 2.35. The predicted octanol–water partition coefficient (Wildman–Crippen LogP) is 2.30. The Morgan fingerprint density at radius 1 is 1.28 bits per heavy atom. The average Bonchev–Trinajstić information content (AvgIpc) is 3.33. The van der Waals surface area contributed by atoms with E-state index in [4.69, 9.17) is 17.0 Å². The van der Waals surface area contributed by atoms with E-state index in [-0.39, 0.29) is 17.6 Å². The summed E-state index contributed by atoms with van der Waals surface area (Å²) in [5, 5.41) is 14.8. The number of rotatable bonds is 6. The molecule has 4 rings (SSSR count). The van der Waals surface area contributed by atoms with Gasteiger partial charge in [0.15, 0.2) is 16.6 Å². The second-order valence-electron chi connectivity index (χ2n) is 8.71. The number of hydrazone groups is 1. The third kappa shape index (κ3) is 5.21. The molecule has 4 N–H and O–H groups in total. The Balaban J connectivity index is 1.22. The minimum Gasteiger partial charge on any atom is -0.504 e. The molecule has 1 saturated heterocycles. The van der Waals surface area contributed by atoms with E-state index in [1.54, 1.807) is 18.2 Å². The number of phenols is 1. The van der Waals surface area contributed by atoms with Crippen LogP contribution in [-0.4, -0.2) is 53.5 Å². The largest absolute Gasteiger partial charge is 0.504 e. The molecule has 0 spiro atoms. The van der Waals surface area contributed by atoms with Gasteiger partial charge in [-0.25, -0.2) is 10.9 Å². The highest BCUT2D eigenvalue weighted by atomic mass is 32.1. The average molecular weight is 458 g/mol. The van der Waals surface area contributed by atoms with Crippen LogP contribution >= 0.6 is 12.2 Å². The lowest BCUT2D eigenvalue weighted by Gasteiger charge is -2.27. The minimum atomic E-state index is -0.123. The molecule has 4 atom stereocenters. The van der Waals surface area contributed by atoms with Gasteiger partial charge in [0.2, 0.25) is 5.91 Å². The summed E-state index contributed by atoms with van der Waals surface area (Å²) in [6.07, 6.45) is 10.8. The fourth-order valence-corrected chi connectivity index (χ4v) is 5.05. The summed E-state index contributed by atoms with van der Waals surface area (Å²) in [6.45, 7) is 1.55. The quantitative estimate of drug-likeness (QED) is 0.225. The molecule has 9 heteroatoms. The normalized spacial score (nSPS) is 26.8. The fourth-order valence-electron chi connectivity index (χ4n) is 4.81. The van der Waals surface area contributed by atoms with E-state index in [1.165, 1.54) is 19.7 Å². The van der Waals surface area contributed by atoms with E-state index >= 15 is 0 Å². The number of phenolic OH excluding ortho intramolecular Hbond substituents is 1. The van der Waals surface area contributed by atoms with Gasteiger partial charge in [-0.15, -0.1) is 0 Å². The van der Waals surface area contributed by atoms with Crippen molar-refractivity contribution in [1.29, 1.82) is 0 Å². The maximum absolute atomic E-state index is 12.6. The van der Waals surface area contributed by atoms with Crippen molar-refractivity contribution in [3.63, 3.8) is 0 Å². The first kappa shape index (κ1) is 22.5. The lowest BCUT2D eigenvalue weighted by Crippen LogP contribution is -2.51. The first-order chi connectivity index (χ1) is 15.5. The second-order valence-corrected chi connectivity index (χ2v) is 9.10. The Morgan fingerprint density at radius 3 is 2.91 bits per heavy atom. The lowest BCUT2D eigenvalue weighted by molar-refractivity contribution is -0.125. The zero-order valence-electron chi connectivity index (χ0n) is 18.3. The fraction of sp³-hybridized carbons (Fsp3) is 0.522. The summed E-state index contributed by atoms with van der Waals surface area (Å²) >= 11 is 5.59. The number of hydrogen-bond acceptors (Lipinski definition) is 6. The summed E-state index contributed by atoms with van der Waals surface area (Å²) < 4.78 is 5.08. The van der Waals surface area contributed by atoms with Gasteiger partial charge in [0.1, 0.15) is 0 Å². The van der Waals surface area contributed by atoms with E-state index in [0.29, 0.717) is 40.7 Å². The SMILES string of the molecule is COc1cccc(/C=N\NC(=O)[C@@H]2CCCN(C(=S)NN[C@@H]3C[C@@H]4C=C[C@@H]3C4)CC2)c1O. The molecule has 1 aromatic rings. The molecular weight excluding hydrogens is 426 g/mol. The Bertz CT molecular complexity index is 906. The third-order valence-electron chi connectivity index (χ3n) is 6.66. The number of amides is 1. The zero-order valence-corrected chi connectivity index (χ0v) is 19.1. The highest BCUT2D eigenvalue weighted by molar-refractivity contribution is 7.80. The van der Waals surface area contributed by atoms with Gasteiger partial charge in [-0.05, 0) is 68.3 Å². The van der Waals surface area contributed by atoms with Gasteiger partial charge < -0.3 is 14.7 Å². The Kier molecular flexibility index (Phi) is 7.26. The van der Waals surface area contributed by atoms with Crippen LogP contribution in [0.25, 0.3) is 0 Å². The molecule has 1 heterocycles. The number of hydrogen-bond donors (Lipinski definition) is 4. The van der Waals surface area contributed by atoms with Crippen LogP contribution in [-0.2, 0) is 4.79 Å². The van der Waals surface area contributed by atoms with Crippen LogP contribution in [0, 0.1) is 17.8 Å². The monoisotopic (exact) mass is 457 g/mol. The maximum Gasteiger partial charge on any atom is 0.243 e. The van der Waals surface area contributed by atoms with Crippen LogP contribution in [0.1, 0.15) is 37.7 Å². The van der Waals surface area contributed by atoms with E-state index < -0.39 is 0 Å². The predicted molar refractivity (Wildman–Crippen MR) is 127 cm³/mol. The molecule has 2 fully saturated rings. The van der Waals surface area contributed by atoms with Gasteiger partial charge >= 0.3 is 0 Å². The summed E-state index contributed by atoms with van der Waals surface area (Å²) in [6, 6.07) is 5.55. The molecule has 0 unspecified atom stereocenters. The molecular formula is C23H31N5O3S. The minimum absolute atomic E-state index is 0.00539. The molecule has 0 radical (unpaired) electrons. The first-order valence-electron chi connectivity index (χ1n) is 11.2. The van der Waals surface area contributed by atoms with Crippen molar-refractivity contribution in [1.82, 2.24) is 21.2 Å². The number of nitrogens with zero attached hydrogens (tertiary/aromatic N) is 2. The molecule has 3 aliphatic rings. The van der Waals surface area contributed by atoms with Crippen LogP contribution in [0.4, 0.5) is 0 Å². The number of aromatic hydroxyl groups is 1. The number of hydrazine groups is 1. The number of methoxy groups -OCH3 is 1. The highest BCUT2D eigenvalue weighted by Crippen LogP contribution is 2.38. The van der Waals surface area contributed by atoms with Gasteiger partial charge in [0.25, 0.3) is 0 Å². The topological polar surface area (TPSA) is 98.2 Å². The van der Waals surface area contributed by atoms with Gasteiger partial charge in [-0.1, -0.05) is 18.2 Å². The number of para-hydroxylation sites is 1. The molecule has 1 amide bonds. The lowest BCUT2D eigenvalue weighted by atomic mass is 10.0. The molecule has 2 bridgehead atoms. The third-order valence-corrected chi connectivity index (χ3v) is 7.02. The number of thiocarbonyl (C=S) groups is 1. The first-order valence-corrected chi connectivity index (χ1v) is 11.6. The van der Waals surface area contributed by atoms with Gasteiger partial charge in [0.05, 0.1) is 13.3 Å². The van der Waals surface area contributed by atoms with Crippen LogP contribution in [0.15, 0.2) is 35.5 Å². The number of ether oxygens (including phenoxy) is 1. The molecule has 1 saturated carbocycles. The number of fused-ring (bicyclic) bond motifs is 2. The van der Waals surface area contributed by atoms with E-state index in [1.807, 2.05) is 0 Å². The Morgan fingerprint density at radius 2 is 2.16 bits per heavy atom. The van der Waals surface area contributed by atoms with Crippen molar-refractivity contribution in [3.05, 3.63) is 35.9 Å². The van der Waals surface area contributed by atoms with Crippen LogP contribution in [0.5, 0.6) is 11.5 Å². The summed E-state index contributed by atoms with van der Waals surface area (Å²) in [5.41, 5.74) is 9.73. The van der Waals surface area contributed by atoms with Crippen molar-refractivity contribution in [2.24, 2.45) is 22.9 Å². The second kappa shape index (κ2) is 10.3. The smallest absolute Gasteiger partial charge is 0.243 e. The molecule has 1 aliphatic heterocycles. The van der Waals surface area contributed by atoms with Crippen LogP contribution in [0.2, 0.25) is 0 Å². The van der Waals surface area contributed by atoms with Crippen molar-refractivity contribution in [2.75, 3.05) is 20.2 Å². The van der Waals surface area contributed by atoms with E-state index in [9.17, 15) is 9.90 Å². The van der Waals surface area contributed by atoms with Gasteiger partial charge in [-0.2, -0.15) is 5.10 Å². The number of carbonyl (C=O) groups is 1. The number of nitrogens with one attached hydrogen (secondary N) is 3. The van der Waals surface area contributed by atoms with Gasteiger partial charge in [-0.3, -0.25) is 10.2 Å². The Hall–Kier alpha value is -2.65. The molecule has 1 aromatic carbocycles. The van der Waals surface area contributed by atoms with E-state index in [0.717, 1.165) is 32.4 Å². The van der Waals surface area contributed by atoms with Crippen molar-refractivity contribution >= 4 is 29.5 Å². The summed E-state index contributed by atoms with van der Waals surface area (Å²) in [4.78, 5) is 14.7. The molecule has 2 aliphatic carbocycles. The van der Waals surface area contributed by atoms with Crippen molar-refractivity contribution < 1.29 is 14.6 Å². The van der Waals surface area contributed by atoms with Crippen LogP contribution < -0.4 is 21.0 Å². The standard InChI is InChI=1S/C23H31N5O3S/c1-31-20-6-2-4-18(21(20)29)14-24-26-22(30)16-5-3-10-28(11-9-16)23(32)27-25-19-13-15-7-8-17(19)12-15/h2,4,6-8,14-17,19,25,29H,3,5,9-13H2,1H3,(H,26,30)(H,27,32)/b24-14-/t15-,16-,17-,19-/m1/s1. The molecule has 8 nitrogen and oxygen atoms in total. The molecule has 172 valence electrons. The number of carbonyl (C=O) groups excluding carboxylic acids is 1. The van der Waals surface area contributed by atoms with E-state index in [2.05, 4.69) is 38.4 Å².